The molecule has 4 nitrogen and oxygen atoms in total. The predicted molar refractivity (Wildman–Crippen MR) is 76.4 cm³/mol. The van der Waals surface area contributed by atoms with Gasteiger partial charge in [0.1, 0.15) is 0 Å². The maximum atomic E-state index is 11.4. The number of carbonyl (C=O) groups excluding carboxylic acids is 1. The lowest BCUT2D eigenvalue weighted by atomic mass is 10.2. The number of aromatic nitrogens is 2. The standard InChI is InChI=1S/C14H16ClN3O/c1-2-13(19)16-10-5-6-12-11(7-10)14(15)17-18(12)8-9-3-4-9/h5-7,9H,2-4,8H2,1H3,(H,16,19). The normalized spacial score (nSPS) is 14.8. The number of fused-ring (bicyclic) bond motifs is 1. The molecule has 19 heavy (non-hydrogen) atoms. The number of hydrogen-bond donors (Lipinski definition) is 1. The Kier molecular flexibility index (Phi) is 3.19. The van der Waals surface area contributed by atoms with Crippen LogP contribution in [0.25, 0.3) is 10.9 Å². The largest absolute Gasteiger partial charge is 0.326 e. The lowest BCUT2D eigenvalue weighted by Crippen LogP contribution is -2.09. The van der Waals surface area contributed by atoms with Crippen LogP contribution in [0.4, 0.5) is 5.69 Å². The third kappa shape index (κ3) is 2.59. The summed E-state index contributed by atoms with van der Waals surface area (Å²) >= 11 is 6.18. The van der Waals surface area contributed by atoms with Gasteiger partial charge in [0.2, 0.25) is 5.91 Å². The van der Waals surface area contributed by atoms with Gasteiger partial charge in [-0.05, 0) is 37.0 Å². The first kappa shape index (κ1) is 12.5. The Labute approximate surface area is 116 Å². The fraction of sp³-hybridized carbons (Fsp3) is 0.429. The maximum Gasteiger partial charge on any atom is 0.224 e. The summed E-state index contributed by atoms with van der Waals surface area (Å²) in [7, 11) is 0. The minimum atomic E-state index is 0.000782. The van der Waals surface area contributed by atoms with Gasteiger partial charge in [-0.25, -0.2) is 0 Å². The number of anilines is 1. The summed E-state index contributed by atoms with van der Waals surface area (Å²) < 4.78 is 1.97. The van der Waals surface area contributed by atoms with Crippen molar-refractivity contribution < 1.29 is 4.79 Å². The molecular weight excluding hydrogens is 262 g/mol. The van der Waals surface area contributed by atoms with Crippen molar-refractivity contribution in [3.05, 3.63) is 23.4 Å². The molecule has 1 aliphatic rings. The van der Waals surface area contributed by atoms with E-state index in [9.17, 15) is 4.79 Å². The van der Waals surface area contributed by atoms with E-state index in [1.165, 1.54) is 12.8 Å². The average molecular weight is 278 g/mol. The first-order valence-corrected chi connectivity index (χ1v) is 7.01. The van der Waals surface area contributed by atoms with Crippen LogP contribution in [0.15, 0.2) is 18.2 Å². The van der Waals surface area contributed by atoms with Crippen molar-refractivity contribution in [2.45, 2.75) is 32.7 Å². The van der Waals surface area contributed by atoms with E-state index in [0.29, 0.717) is 11.6 Å². The van der Waals surface area contributed by atoms with E-state index in [2.05, 4.69) is 10.4 Å². The van der Waals surface area contributed by atoms with Gasteiger partial charge in [0.15, 0.2) is 5.15 Å². The number of halogens is 1. The van der Waals surface area contributed by atoms with Crippen LogP contribution in [-0.4, -0.2) is 15.7 Å². The van der Waals surface area contributed by atoms with E-state index in [1.54, 1.807) is 0 Å². The summed E-state index contributed by atoms with van der Waals surface area (Å²) in [5.41, 5.74) is 1.80. The molecule has 5 heteroatoms. The van der Waals surface area contributed by atoms with E-state index in [-0.39, 0.29) is 5.91 Å². The van der Waals surface area contributed by atoms with Crippen molar-refractivity contribution in [1.82, 2.24) is 9.78 Å². The lowest BCUT2D eigenvalue weighted by molar-refractivity contribution is -0.115. The van der Waals surface area contributed by atoms with Gasteiger partial charge in [0.05, 0.1) is 5.52 Å². The Morgan fingerprint density at radius 1 is 1.53 bits per heavy atom. The molecule has 3 rings (SSSR count). The number of amides is 1. The highest BCUT2D eigenvalue weighted by Gasteiger charge is 2.23. The number of nitrogens with zero attached hydrogens (tertiary/aromatic N) is 2. The van der Waals surface area contributed by atoms with Gasteiger partial charge in [0.25, 0.3) is 0 Å². The molecule has 1 fully saturated rings. The van der Waals surface area contributed by atoms with Gasteiger partial charge in [-0.2, -0.15) is 5.10 Å². The van der Waals surface area contributed by atoms with Crippen LogP contribution in [0.3, 0.4) is 0 Å². The highest BCUT2D eigenvalue weighted by Crippen LogP contribution is 2.33. The smallest absolute Gasteiger partial charge is 0.224 e. The third-order valence-corrected chi connectivity index (χ3v) is 3.72. The number of carbonyl (C=O) groups is 1. The van der Waals surface area contributed by atoms with Crippen molar-refractivity contribution in [1.29, 1.82) is 0 Å². The molecule has 1 aromatic carbocycles. The molecule has 2 aromatic rings. The second-order valence-corrected chi connectivity index (χ2v) is 5.41. The predicted octanol–water partition coefficient (Wildman–Crippen LogP) is 3.45. The summed E-state index contributed by atoms with van der Waals surface area (Å²) in [4.78, 5) is 11.4. The highest BCUT2D eigenvalue weighted by atomic mass is 35.5. The molecule has 1 aromatic heterocycles. The maximum absolute atomic E-state index is 11.4. The summed E-state index contributed by atoms with van der Waals surface area (Å²) in [6.45, 7) is 2.76. The zero-order valence-corrected chi connectivity index (χ0v) is 11.6. The monoisotopic (exact) mass is 277 g/mol. The molecule has 0 bridgehead atoms. The Hall–Kier alpha value is -1.55. The van der Waals surface area contributed by atoms with Crippen LogP contribution in [-0.2, 0) is 11.3 Å². The number of rotatable bonds is 4. The molecule has 0 aliphatic heterocycles. The summed E-state index contributed by atoms with van der Waals surface area (Å²) in [5.74, 6) is 0.750. The number of benzene rings is 1. The molecule has 0 atom stereocenters. The van der Waals surface area contributed by atoms with Crippen molar-refractivity contribution in [3.63, 3.8) is 0 Å². The molecule has 1 amide bonds. The first-order valence-electron chi connectivity index (χ1n) is 6.63. The van der Waals surface area contributed by atoms with Crippen LogP contribution >= 0.6 is 11.6 Å². The summed E-state index contributed by atoms with van der Waals surface area (Å²) in [6.07, 6.45) is 3.03. The molecular formula is C14H16ClN3O. The Bertz CT molecular complexity index is 631. The van der Waals surface area contributed by atoms with E-state index < -0.39 is 0 Å². The zero-order valence-electron chi connectivity index (χ0n) is 10.8. The Morgan fingerprint density at radius 2 is 2.32 bits per heavy atom. The van der Waals surface area contributed by atoms with Crippen molar-refractivity contribution in [2.24, 2.45) is 5.92 Å². The van der Waals surface area contributed by atoms with Crippen molar-refractivity contribution in [2.75, 3.05) is 5.32 Å². The van der Waals surface area contributed by atoms with Gasteiger partial charge in [0, 0.05) is 24.0 Å². The zero-order chi connectivity index (χ0) is 13.4. The molecule has 100 valence electrons. The first-order chi connectivity index (χ1) is 9.17. The van der Waals surface area contributed by atoms with Crippen LogP contribution in [0, 0.1) is 5.92 Å². The molecule has 1 aliphatic carbocycles. The summed E-state index contributed by atoms with van der Waals surface area (Å²) in [5, 5.41) is 8.62. The van der Waals surface area contributed by atoms with Crippen LogP contribution in [0.5, 0.6) is 0 Å². The van der Waals surface area contributed by atoms with Crippen molar-refractivity contribution in [3.8, 4) is 0 Å². The topological polar surface area (TPSA) is 46.9 Å². The molecule has 1 N–H and O–H groups in total. The second-order valence-electron chi connectivity index (χ2n) is 5.05. The van der Waals surface area contributed by atoms with Gasteiger partial charge in [-0.1, -0.05) is 18.5 Å². The minimum Gasteiger partial charge on any atom is -0.326 e. The fourth-order valence-electron chi connectivity index (χ4n) is 2.15. The summed E-state index contributed by atoms with van der Waals surface area (Å²) in [6, 6.07) is 5.76. The fourth-order valence-corrected chi connectivity index (χ4v) is 2.39. The molecule has 1 saturated carbocycles. The van der Waals surface area contributed by atoms with Crippen LogP contribution in [0.1, 0.15) is 26.2 Å². The Balaban J connectivity index is 1.93. The van der Waals surface area contributed by atoms with Gasteiger partial charge < -0.3 is 5.32 Å². The average Bonchev–Trinajstić information content (AvgIpc) is 3.16. The quantitative estimate of drug-likeness (QED) is 0.930. The Morgan fingerprint density at radius 3 is 3.00 bits per heavy atom. The molecule has 0 saturated heterocycles. The van der Waals surface area contributed by atoms with E-state index >= 15 is 0 Å². The van der Waals surface area contributed by atoms with Crippen LogP contribution in [0.2, 0.25) is 5.15 Å². The van der Waals surface area contributed by atoms with Crippen molar-refractivity contribution >= 4 is 34.1 Å². The van der Waals surface area contributed by atoms with E-state index in [1.807, 2.05) is 29.8 Å². The highest BCUT2D eigenvalue weighted by molar-refractivity contribution is 6.34. The molecule has 1 heterocycles. The van der Waals surface area contributed by atoms with Gasteiger partial charge in [-0.3, -0.25) is 9.48 Å². The molecule has 0 unspecified atom stereocenters. The van der Waals surface area contributed by atoms with E-state index in [0.717, 1.165) is 29.1 Å². The van der Waals surface area contributed by atoms with Gasteiger partial charge >= 0.3 is 0 Å². The van der Waals surface area contributed by atoms with E-state index in [4.69, 9.17) is 11.6 Å². The minimum absolute atomic E-state index is 0.000782. The SMILES string of the molecule is CCC(=O)Nc1ccc2c(c1)c(Cl)nn2CC1CC1. The van der Waals surface area contributed by atoms with Crippen LogP contribution < -0.4 is 5.32 Å². The van der Waals surface area contributed by atoms with Gasteiger partial charge in [-0.15, -0.1) is 0 Å². The number of hydrogen-bond acceptors (Lipinski definition) is 2. The molecule has 0 radical (unpaired) electrons. The third-order valence-electron chi connectivity index (χ3n) is 3.44. The lowest BCUT2D eigenvalue weighted by Gasteiger charge is -2.05. The second kappa shape index (κ2) is 4.85. The molecule has 0 spiro atoms. The number of nitrogens with one attached hydrogen (secondary N) is 1.